The van der Waals surface area contributed by atoms with E-state index >= 15 is 0 Å². The van der Waals surface area contributed by atoms with Crippen LogP contribution in [0.2, 0.25) is 0 Å². The van der Waals surface area contributed by atoms with Crippen LogP contribution >= 0.6 is 0 Å². The predicted octanol–water partition coefficient (Wildman–Crippen LogP) is 1.40. The highest BCUT2D eigenvalue weighted by Crippen LogP contribution is 2.35. The van der Waals surface area contributed by atoms with Crippen molar-refractivity contribution in [2.45, 2.75) is 13.3 Å². The second-order valence-electron chi connectivity index (χ2n) is 3.26. The summed E-state index contributed by atoms with van der Waals surface area (Å²) in [7, 11) is 3.75. The molecule has 0 saturated heterocycles. The van der Waals surface area contributed by atoms with Crippen LogP contribution in [0.3, 0.4) is 0 Å². The Morgan fingerprint density at radius 1 is 1.27 bits per heavy atom. The van der Waals surface area contributed by atoms with Crippen LogP contribution in [0, 0.1) is 0 Å². The molecule has 4 nitrogen and oxygen atoms in total. The maximum atomic E-state index is 5.77. The summed E-state index contributed by atoms with van der Waals surface area (Å²) in [5.74, 6) is 1.56. The number of nitrogens with two attached hydrogens (primary N) is 1. The van der Waals surface area contributed by atoms with E-state index in [4.69, 9.17) is 15.2 Å². The van der Waals surface area contributed by atoms with Crippen molar-refractivity contribution in [2.24, 2.45) is 0 Å². The van der Waals surface area contributed by atoms with Crippen molar-refractivity contribution >= 4 is 5.69 Å². The van der Waals surface area contributed by atoms with Gasteiger partial charge in [-0.2, -0.15) is 0 Å². The van der Waals surface area contributed by atoms with Crippen LogP contribution in [0.4, 0.5) is 5.69 Å². The molecule has 1 aromatic carbocycles. The Labute approximate surface area is 90.4 Å². The zero-order chi connectivity index (χ0) is 11.3. The Kier molecular flexibility index (Phi) is 4.24. The minimum absolute atomic E-state index is 0.307. The monoisotopic (exact) mass is 210 g/mol. The van der Waals surface area contributed by atoms with Gasteiger partial charge in [0, 0.05) is 11.8 Å². The van der Waals surface area contributed by atoms with Crippen molar-refractivity contribution in [2.75, 3.05) is 26.6 Å². The number of ether oxygens (including phenoxy) is 2. The quantitative estimate of drug-likeness (QED) is 0.688. The maximum absolute atomic E-state index is 5.77. The van der Waals surface area contributed by atoms with Crippen LogP contribution in [0.5, 0.6) is 11.5 Å². The Bertz CT molecular complexity index is 326. The van der Waals surface area contributed by atoms with E-state index in [0.717, 1.165) is 29.2 Å². The van der Waals surface area contributed by atoms with Crippen LogP contribution in [0.25, 0.3) is 0 Å². The first kappa shape index (κ1) is 11.7. The Morgan fingerprint density at radius 3 is 2.33 bits per heavy atom. The molecule has 0 bridgehead atoms. The third-order valence-electron chi connectivity index (χ3n) is 2.02. The summed E-state index contributed by atoms with van der Waals surface area (Å²) in [5, 5.41) is 2.75. The molecular formula is C11H18N2O2. The normalized spacial score (nSPS) is 11.9. The van der Waals surface area contributed by atoms with Crippen molar-refractivity contribution in [3.63, 3.8) is 0 Å². The smallest absolute Gasteiger partial charge is 0.231 e. The van der Waals surface area contributed by atoms with Crippen molar-refractivity contribution < 1.29 is 9.47 Å². The van der Waals surface area contributed by atoms with Gasteiger partial charge in [0.15, 0.2) is 11.5 Å². The van der Waals surface area contributed by atoms with Crippen molar-refractivity contribution in [3.05, 3.63) is 17.7 Å². The first-order valence-corrected chi connectivity index (χ1v) is 4.99. The van der Waals surface area contributed by atoms with E-state index in [1.165, 1.54) is 0 Å². The minimum Gasteiger partial charge on any atom is -0.454 e. The lowest BCUT2D eigenvalue weighted by Gasteiger charge is -2.03. The zero-order valence-corrected chi connectivity index (χ0v) is 9.46. The number of aryl methyl sites for hydroxylation is 1. The van der Waals surface area contributed by atoms with Gasteiger partial charge in [-0.15, -0.1) is 0 Å². The van der Waals surface area contributed by atoms with E-state index in [0.29, 0.717) is 6.79 Å². The molecule has 0 aromatic heterocycles. The van der Waals surface area contributed by atoms with E-state index in [2.05, 4.69) is 12.2 Å². The van der Waals surface area contributed by atoms with Gasteiger partial charge in [-0.05, 0) is 32.1 Å². The molecule has 0 amide bonds. The number of hydrogen-bond donors (Lipinski definition) is 2. The Morgan fingerprint density at radius 2 is 1.80 bits per heavy atom. The van der Waals surface area contributed by atoms with Gasteiger partial charge in [0.25, 0.3) is 0 Å². The molecule has 2 rings (SSSR count). The highest BCUT2D eigenvalue weighted by atomic mass is 16.7. The van der Waals surface area contributed by atoms with E-state index < -0.39 is 0 Å². The molecule has 1 aliphatic rings. The average Bonchev–Trinajstić information content (AvgIpc) is 2.64. The molecule has 0 aliphatic carbocycles. The van der Waals surface area contributed by atoms with Gasteiger partial charge in [0.1, 0.15) is 0 Å². The fraction of sp³-hybridized carbons (Fsp3) is 0.455. The topological polar surface area (TPSA) is 56.5 Å². The van der Waals surface area contributed by atoms with E-state index in [9.17, 15) is 0 Å². The number of nitrogen functional groups attached to an aromatic ring is 1. The largest absolute Gasteiger partial charge is 0.454 e. The summed E-state index contributed by atoms with van der Waals surface area (Å²) in [6.45, 7) is 2.37. The SMILES string of the molecule is CCc1cc2c(cc1N)OCO2.CNC. The molecule has 3 N–H and O–H groups in total. The Balaban J connectivity index is 0.000000337. The molecule has 0 unspecified atom stereocenters. The lowest BCUT2D eigenvalue weighted by Crippen LogP contribution is -1.92. The first-order valence-electron chi connectivity index (χ1n) is 4.99. The minimum atomic E-state index is 0.307. The molecule has 1 aliphatic heterocycles. The number of rotatable bonds is 1. The van der Waals surface area contributed by atoms with Gasteiger partial charge >= 0.3 is 0 Å². The highest BCUT2D eigenvalue weighted by Gasteiger charge is 2.14. The Hall–Kier alpha value is -1.42. The fourth-order valence-electron chi connectivity index (χ4n) is 1.31. The standard InChI is InChI=1S/C9H11NO2.C2H7N/c1-2-6-3-8-9(4-7(6)10)12-5-11-8;1-3-2/h3-4H,2,5,10H2,1H3;3H,1-2H3. The fourth-order valence-corrected chi connectivity index (χ4v) is 1.31. The van der Waals surface area contributed by atoms with Crippen molar-refractivity contribution in [1.82, 2.24) is 5.32 Å². The van der Waals surface area contributed by atoms with Gasteiger partial charge in [-0.3, -0.25) is 0 Å². The number of anilines is 1. The van der Waals surface area contributed by atoms with Crippen LogP contribution in [-0.2, 0) is 6.42 Å². The lowest BCUT2D eigenvalue weighted by atomic mass is 10.1. The van der Waals surface area contributed by atoms with Crippen LogP contribution in [0.1, 0.15) is 12.5 Å². The predicted molar refractivity (Wildman–Crippen MR) is 61.3 cm³/mol. The lowest BCUT2D eigenvalue weighted by molar-refractivity contribution is 0.174. The number of nitrogens with one attached hydrogen (secondary N) is 1. The number of benzene rings is 1. The molecule has 1 heterocycles. The molecule has 0 fully saturated rings. The van der Waals surface area contributed by atoms with Crippen LogP contribution in [0.15, 0.2) is 12.1 Å². The summed E-state index contributed by atoms with van der Waals surface area (Å²) in [6, 6.07) is 3.76. The summed E-state index contributed by atoms with van der Waals surface area (Å²) in [4.78, 5) is 0. The first-order chi connectivity index (χ1) is 7.22. The summed E-state index contributed by atoms with van der Waals surface area (Å²) < 4.78 is 10.4. The zero-order valence-electron chi connectivity index (χ0n) is 9.46. The summed E-state index contributed by atoms with van der Waals surface area (Å²) in [5.41, 5.74) is 7.66. The summed E-state index contributed by atoms with van der Waals surface area (Å²) >= 11 is 0. The van der Waals surface area contributed by atoms with Crippen molar-refractivity contribution in [1.29, 1.82) is 0 Å². The molecule has 0 atom stereocenters. The number of hydrogen-bond acceptors (Lipinski definition) is 4. The van der Waals surface area contributed by atoms with E-state index in [-0.39, 0.29) is 0 Å². The van der Waals surface area contributed by atoms with Gasteiger partial charge < -0.3 is 20.5 Å². The molecule has 84 valence electrons. The third-order valence-corrected chi connectivity index (χ3v) is 2.02. The molecule has 15 heavy (non-hydrogen) atoms. The molecular weight excluding hydrogens is 192 g/mol. The van der Waals surface area contributed by atoms with Gasteiger partial charge in [-0.25, -0.2) is 0 Å². The average molecular weight is 210 g/mol. The second-order valence-corrected chi connectivity index (χ2v) is 3.26. The highest BCUT2D eigenvalue weighted by molar-refractivity contribution is 5.58. The van der Waals surface area contributed by atoms with E-state index in [1.54, 1.807) is 0 Å². The number of fused-ring (bicyclic) bond motifs is 1. The summed E-state index contributed by atoms with van der Waals surface area (Å²) in [6.07, 6.45) is 0.919. The van der Waals surface area contributed by atoms with Crippen molar-refractivity contribution in [3.8, 4) is 11.5 Å². The molecule has 1 aromatic rings. The second kappa shape index (κ2) is 5.46. The van der Waals surface area contributed by atoms with Gasteiger partial charge in [0.05, 0.1) is 0 Å². The molecule has 0 saturated carbocycles. The van der Waals surface area contributed by atoms with Crippen LogP contribution in [-0.4, -0.2) is 20.9 Å². The third kappa shape index (κ3) is 2.76. The molecule has 0 spiro atoms. The van der Waals surface area contributed by atoms with E-state index in [1.807, 2.05) is 26.2 Å². The van der Waals surface area contributed by atoms with Gasteiger partial charge in [0.2, 0.25) is 6.79 Å². The van der Waals surface area contributed by atoms with Crippen LogP contribution < -0.4 is 20.5 Å². The molecule has 0 radical (unpaired) electrons. The molecule has 4 heteroatoms. The maximum Gasteiger partial charge on any atom is 0.231 e. The van der Waals surface area contributed by atoms with Gasteiger partial charge in [-0.1, -0.05) is 6.92 Å².